The number of likely N-dealkylation sites (tertiary alicyclic amines) is 1. The molecule has 0 saturated carbocycles. The number of carbonyl (C=O) groups is 2. The van der Waals surface area contributed by atoms with Crippen molar-refractivity contribution in [1.29, 1.82) is 0 Å². The van der Waals surface area contributed by atoms with Crippen molar-refractivity contribution in [1.82, 2.24) is 9.88 Å². The van der Waals surface area contributed by atoms with E-state index in [1.54, 1.807) is 12.1 Å². The lowest BCUT2D eigenvalue weighted by molar-refractivity contribution is -0.133. The zero-order valence-electron chi connectivity index (χ0n) is 19.3. The maximum Gasteiger partial charge on any atom is 0.335 e. The summed E-state index contributed by atoms with van der Waals surface area (Å²) in [4.78, 5) is 29.9. The Morgan fingerprint density at radius 1 is 1.14 bits per heavy atom. The second kappa shape index (κ2) is 10.2. The number of ketones is 1. The fourth-order valence-corrected chi connectivity index (χ4v) is 4.33. The van der Waals surface area contributed by atoms with Gasteiger partial charge in [-0.2, -0.15) is 9.37 Å². The van der Waals surface area contributed by atoms with Crippen LogP contribution in [0, 0.1) is 0 Å². The number of ether oxygens (including phenoxy) is 1. The number of hydrogen-bond donors (Lipinski definition) is 2. The van der Waals surface area contributed by atoms with Gasteiger partial charge in [0.2, 0.25) is 0 Å². The smallest absolute Gasteiger partial charge is 0.335 e. The molecule has 2 heterocycles. The fraction of sp³-hybridized carbons (Fsp3) is 0.222. The summed E-state index contributed by atoms with van der Waals surface area (Å²) in [6.45, 7) is -1.43. The highest BCUT2D eigenvalue weighted by molar-refractivity contribution is 5.88. The van der Waals surface area contributed by atoms with Gasteiger partial charge in [-0.15, -0.1) is 0 Å². The lowest BCUT2D eigenvalue weighted by atomic mass is 10.0. The minimum absolute atomic E-state index is 0.0821. The summed E-state index contributed by atoms with van der Waals surface area (Å²) in [6, 6.07) is 20.2. The number of hydrogen-bond acceptors (Lipinski definition) is 7. The summed E-state index contributed by atoms with van der Waals surface area (Å²) >= 11 is 0. The quantitative estimate of drug-likeness (QED) is 0.310. The predicted octanol–water partition coefficient (Wildman–Crippen LogP) is 5.18. The molecule has 9 heteroatoms. The number of para-hydroxylation sites is 1. The van der Waals surface area contributed by atoms with Crippen LogP contribution in [0.25, 0.3) is 11.1 Å². The van der Waals surface area contributed by atoms with Crippen LogP contribution in [0.2, 0.25) is 0 Å². The number of fused-ring (bicyclic) bond motifs is 1. The molecule has 4 aromatic rings. The number of Topliss-reactive ketones (excluding diaryl/α,β-unsaturated/α-hetero) is 1. The maximum atomic E-state index is 15.0. The van der Waals surface area contributed by atoms with E-state index in [0.717, 1.165) is 11.3 Å². The standard InChI is InChI=1S/C27H24FN3O5/c28-26(35-20-11-9-18(10-12-20)25(33)34)31-14-4-7-22(31)23(32)15-17-8-13-21-24(16-17)36-27(30-21)29-19-5-2-1-3-6-19/h1-3,5-6,8-13,16,22,26H,4,7,14-15H2,(H,29,30)(H,33,34)/t22-,26-/m0/s1. The van der Waals surface area contributed by atoms with E-state index in [4.69, 9.17) is 14.3 Å². The van der Waals surface area contributed by atoms with E-state index in [1.807, 2.05) is 36.4 Å². The Balaban J connectivity index is 1.23. The van der Waals surface area contributed by atoms with E-state index in [-0.39, 0.29) is 23.5 Å². The van der Waals surface area contributed by atoms with E-state index in [0.29, 0.717) is 36.5 Å². The molecule has 1 saturated heterocycles. The van der Waals surface area contributed by atoms with Crippen LogP contribution in [-0.4, -0.2) is 45.8 Å². The van der Waals surface area contributed by atoms with Crippen molar-refractivity contribution in [3.05, 3.63) is 83.9 Å². The molecule has 1 aromatic heterocycles. The maximum absolute atomic E-state index is 15.0. The number of halogens is 1. The lowest BCUT2D eigenvalue weighted by Gasteiger charge is -2.27. The van der Waals surface area contributed by atoms with Crippen LogP contribution >= 0.6 is 0 Å². The Labute approximate surface area is 206 Å². The van der Waals surface area contributed by atoms with Crippen LogP contribution < -0.4 is 10.1 Å². The van der Waals surface area contributed by atoms with E-state index in [9.17, 15) is 14.0 Å². The zero-order valence-corrected chi connectivity index (χ0v) is 19.3. The minimum atomic E-state index is -1.82. The molecule has 5 rings (SSSR count). The zero-order chi connectivity index (χ0) is 25.1. The average molecular weight is 490 g/mol. The third-order valence-corrected chi connectivity index (χ3v) is 6.12. The second-order valence-electron chi connectivity index (χ2n) is 8.59. The monoisotopic (exact) mass is 489 g/mol. The van der Waals surface area contributed by atoms with Gasteiger partial charge in [0.15, 0.2) is 11.4 Å². The Morgan fingerprint density at radius 2 is 1.92 bits per heavy atom. The third kappa shape index (κ3) is 5.21. The van der Waals surface area contributed by atoms with Crippen molar-refractivity contribution in [2.45, 2.75) is 31.8 Å². The molecular weight excluding hydrogens is 465 g/mol. The minimum Gasteiger partial charge on any atom is -0.478 e. The van der Waals surface area contributed by atoms with Gasteiger partial charge in [-0.25, -0.2) is 9.69 Å². The molecule has 8 nitrogen and oxygen atoms in total. The Bertz CT molecular complexity index is 1370. The van der Waals surface area contributed by atoms with Gasteiger partial charge in [0.05, 0.1) is 11.6 Å². The topological polar surface area (TPSA) is 105 Å². The number of nitrogens with one attached hydrogen (secondary N) is 1. The van der Waals surface area contributed by atoms with E-state index in [2.05, 4.69) is 10.3 Å². The second-order valence-corrected chi connectivity index (χ2v) is 8.59. The molecule has 0 spiro atoms. The third-order valence-electron chi connectivity index (χ3n) is 6.12. The SMILES string of the molecule is O=C(O)c1ccc(O[C@@H](F)N2CCC[C@H]2C(=O)Cc2ccc3nc(Nc4ccccc4)oc3c2)cc1. The summed E-state index contributed by atoms with van der Waals surface area (Å²) in [5, 5.41) is 12.1. The van der Waals surface area contributed by atoms with Crippen LogP contribution in [0.4, 0.5) is 16.1 Å². The van der Waals surface area contributed by atoms with Gasteiger partial charge in [-0.3, -0.25) is 4.79 Å². The summed E-state index contributed by atoms with van der Waals surface area (Å²) in [6.07, 6.45) is 1.34. The number of rotatable bonds is 9. The Morgan fingerprint density at radius 3 is 2.67 bits per heavy atom. The molecule has 0 amide bonds. The van der Waals surface area contributed by atoms with Crippen molar-refractivity contribution in [3.8, 4) is 5.75 Å². The number of carboxylic acids is 1. The van der Waals surface area contributed by atoms with E-state index < -0.39 is 18.5 Å². The average Bonchev–Trinajstić information content (AvgIpc) is 3.52. The summed E-state index contributed by atoms with van der Waals surface area (Å²) in [7, 11) is 0. The molecule has 1 aliphatic heterocycles. The van der Waals surface area contributed by atoms with Crippen molar-refractivity contribution >= 4 is 34.6 Å². The number of oxazole rings is 1. The van der Waals surface area contributed by atoms with Crippen molar-refractivity contribution in [3.63, 3.8) is 0 Å². The molecule has 184 valence electrons. The first kappa shape index (κ1) is 23.5. The molecule has 1 fully saturated rings. The van der Waals surface area contributed by atoms with Gasteiger partial charge in [0.1, 0.15) is 11.3 Å². The Kier molecular flexibility index (Phi) is 6.64. The normalized spacial score (nSPS) is 16.6. The first-order chi connectivity index (χ1) is 17.5. The molecule has 36 heavy (non-hydrogen) atoms. The summed E-state index contributed by atoms with van der Waals surface area (Å²) in [5.74, 6) is -0.987. The first-order valence-electron chi connectivity index (χ1n) is 11.6. The van der Waals surface area contributed by atoms with E-state index >= 15 is 0 Å². The summed E-state index contributed by atoms with van der Waals surface area (Å²) in [5.41, 5.74) is 2.90. The van der Waals surface area contributed by atoms with E-state index in [1.165, 1.54) is 29.2 Å². The molecule has 1 aliphatic rings. The van der Waals surface area contributed by atoms with Crippen LogP contribution in [0.5, 0.6) is 5.75 Å². The molecule has 0 aliphatic carbocycles. The molecule has 0 bridgehead atoms. The Hall–Kier alpha value is -4.24. The summed E-state index contributed by atoms with van der Waals surface area (Å²) < 4.78 is 26.2. The molecule has 3 aromatic carbocycles. The van der Waals surface area contributed by atoms with Crippen LogP contribution in [0.15, 0.2) is 77.2 Å². The number of aromatic carboxylic acids is 1. The van der Waals surface area contributed by atoms with Crippen LogP contribution in [-0.2, 0) is 11.2 Å². The highest BCUT2D eigenvalue weighted by Crippen LogP contribution is 2.27. The highest BCUT2D eigenvalue weighted by atomic mass is 19.1. The van der Waals surface area contributed by atoms with Gasteiger partial charge >= 0.3 is 5.97 Å². The molecule has 0 radical (unpaired) electrons. The van der Waals surface area contributed by atoms with Gasteiger partial charge < -0.3 is 19.6 Å². The number of carboxylic acid groups (broad SMARTS) is 1. The van der Waals surface area contributed by atoms with Crippen molar-refractivity contribution < 1.29 is 28.2 Å². The van der Waals surface area contributed by atoms with Crippen molar-refractivity contribution in [2.24, 2.45) is 0 Å². The number of alkyl halides is 1. The first-order valence-corrected chi connectivity index (χ1v) is 11.6. The molecule has 2 N–H and O–H groups in total. The highest BCUT2D eigenvalue weighted by Gasteiger charge is 2.36. The number of carbonyl (C=O) groups excluding carboxylic acids is 1. The van der Waals surface area contributed by atoms with Gasteiger partial charge in [0, 0.05) is 18.7 Å². The van der Waals surface area contributed by atoms with Crippen LogP contribution in [0.1, 0.15) is 28.8 Å². The van der Waals surface area contributed by atoms with Gasteiger partial charge in [0.25, 0.3) is 12.5 Å². The van der Waals surface area contributed by atoms with Crippen LogP contribution in [0.3, 0.4) is 0 Å². The molecular formula is C27H24FN3O5. The van der Waals surface area contributed by atoms with Gasteiger partial charge in [-0.1, -0.05) is 24.3 Å². The van der Waals surface area contributed by atoms with Gasteiger partial charge in [-0.05, 0) is 66.9 Å². The predicted molar refractivity (Wildman–Crippen MR) is 131 cm³/mol. The lowest BCUT2D eigenvalue weighted by Crippen LogP contribution is -2.44. The number of benzene rings is 3. The fourth-order valence-electron chi connectivity index (χ4n) is 4.33. The van der Waals surface area contributed by atoms with Crippen molar-refractivity contribution in [2.75, 3.05) is 11.9 Å². The number of aromatic nitrogens is 1. The largest absolute Gasteiger partial charge is 0.478 e. The molecule has 2 atom stereocenters. The number of anilines is 2. The molecule has 0 unspecified atom stereocenters. The number of nitrogens with zero attached hydrogens (tertiary/aromatic N) is 2.